The smallest absolute Gasteiger partial charge is 0.0488 e. The molecule has 5 rings (SSSR count). The normalized spacial score (nSPS) is 14.9. The summed E-state index contributed by atoms with van der Waals surface area (Å²) in [6.45, 7) is 8.08. The molecular weight excluding hydrogens is 382 g/mol. The molecule has 1 aliphatic carbocycles. The van der Waals surface area contributed by atoms with Crippen molar-refractivity contribution in [1.82, 2.24) is 4.57 Å². The van der Waals surface area contributed by atoms with E-state index >= 15 is 0 Å². The zero-order valence-corrected chi connectivity index (χ0v) is 19.2. The highest BCUT2D eigenvalue weighted by atomic mass is 32.1. The Morgan fingerprint density at radius 2 is 1.57 bits per heavy atom. The molecule has 2 heteroatoms. The molecule has 2 aromatic carbocycles. The van der Waals surface area contributed by atoms with Crippen molar-refractivity contribution in [3.05, 3.63) is 70.2 Å². The zero-order valence-electron chi connectivity index (χ0n) is 18.4. The summed E-state index contributed by atoms with van der Waals surface area (Å²) >= 11 is 2.00. The van der Waals surface area contributed by atoms with Gasteiger partial charge in [-0.1, -0.05) is 49.7 Å². The molecule has 1 aliphatic rings. The standard InChI is InChI=1S/C28H31NS/c1-4-5-18-29-20(3)27(24-15-8-10-16-25(24)29)22-13-6-7-14-23(22)28-19(2)21-12-9-11-17-26(21)30-28/h8-12,15-17H,4-7,13-14,18H2,1-3H3. The van der Waals surface area contributed by atoms with Crippen LogP contribution in [0.2, 0.25) is 0 Å². The first-order chi connectivity index (χ1) is 14.7. The first-order valence-corrected chi connectivity index (χ1v) is 12.3. The van der Waals surface area contributed by atoms with Gasteiger partial charge >= 0.3 is 0 Å². The van der Waals surface area contributed by atoms with Crippen LogP contribution in [0.4, 0.5) is 0 Å². The quantitative estimate of drug-likeness (QED) is 0.308. The van der Waals surface area contributed by atoms with E-state index in [0.29, 0.717) is 0 Å². The molecule has 0 amide bonds. The number of fused-ring (bicyclic) bond motifs is 2. The summed E-state index contributed by atoms with van der Waals surface area (Å²) in [5.74, 6) is 0. The van der Waals surface area contributed by atoms with Crippen LogP contribution in [0.1, 0.15) is 67.1 Å². The van der Waals surface area contributed by atoms with E-state index in [1.807, 2.05) is 11.3 Å². The minimum Gasteiger partial charge on any atom is -0.344 e. The highest BCUT2D eigenvalue weighted by Gasteiger charge is 2.24. The highest BCUT2D eigenvalue weighted by molar-refractivity contribution is 7.20. The predicted octanol–water partition coefficient (Wildman–Crippen LogP) is 8.76. The maximum Gasteiger partial charge on any atom is 0.0488 e. The number of aryl methyl sites for hydroxylation is 2. The average molecular weight is 414 g/mol. The lowest BCUT2D eigenvalue weighted by molar-refractivity contribution is 0.636. The molecule has 1 nitrogen and oxygen atoms in total. The number of allylic oxidation sites excluding steroid dienone is 2. The second-order valence-corrected chi connectivity index (χ2v) is 9.75. The second-order valence-electron chi connectivity index (χ2n) is 8.70. The van der Waals surface area contributed by atoms with Crippen LogP contribution >= 0.6 is 11.3 Å². The fourth-order valence-corrected chi connectivity index (χ4v) is 6.62. The van der Waals surface area contributed by atoms with E-state index < -0.39 is 0 Å². The number of benzene rings is 2. The van der Waals surface area contributed by atoms with Crippen molar-refractivity contribution in [2.75, 3.05) is 0 Å². The van der Waals surface area contributed by atoms with Gasteiger partial charge in [0.15, 0.2) is 0 Å². The van der Waals surface area contributed by atoms with E-state index in [9.17, 15) is 0 Å². The fourth-order valence-electron chi connectivity index (χ4n) is 5.31. The number of hydrogen-bond donors (Lipinski definition) is 0. The maximum absolute atomic E-state index is 2.57. The Labute approximate surface area is 184 Å². The van der Waals surface area contributed by atoms with Crippen molar-refractivity contribution in [3.63, 3.8) is 0 Å². The topological polar surface area (TPSA) is 4.93 Å². The molecule has 0 unspecified atom stereocenters. The molecule has 0 saturated heterocycles. The fraction of sp³-hybridized carbons (Fsp3) is 0.357. The Kier molecular flexibility index (Phi) is 5.28. The number of para-hydroxylation sites is 1. The van der Waals surface area contributed by atoms with Gasteiger partial charge in [0.1, 0.15) is 0 Å². The molecule has 154 valence electrons. The van der Waals surface area contributed by atoms with E-state index in [2.05, 4.69) is 73.9 Å². The first-order valence-electron chi connectivity index (χ1n) is 11.5. The summed E-state index contributed by atoms with van der Waals surface area (Å²) in [5.41, 5.74) is 9.08. The summed E-state index contributed by atoms with van der Waals surface area (Å²) < 4.78 is 4.00. The Hall–Kier alpha value is -2.32. The molecule has 0 N–H and O–H groups in total. The van der Waals surface area contributed by atoms with Crippen molar-refractivity contribution in [3.8, 4) is 0 Å². The third-order valence-electron chi connectivity index (χ3n) is 6.85. The summed E-state index contributed by atoms with van der Waals surface area (Å²) in [5, 5.41) is 2.87. The van der Waals surface area contributed by atoms with Crippen LogP contribution in [-0.4, -0.2) is 4.57 Å². The van der Waals surface area contributed by atoms with Crippen molar-refractivity contribution in [2.24, 2.45) is 0 Å². The van der Waals surface area contributed by atoms with Crippen LogP contribution < -0.4 is 0 Å². The van der Waals surface area contributed by atoms with Gasteiger partial charge < -0.3 is 4.57 Å². The van der Waals surface area contributed by atoms with Crippen LogP contribution in [0.25, 0.3) is 32.1 Å². The van der Waals surface area contributed by atoms with E-state index in [1.54, 1.807) is 11.1 Å². The lowest BCUT2D eigenvalue weighted by Crippen LogP contribution is -2.03. The van der Waals surface area contributed by atoms with Crippen molar-refractivity contribution in [1.29, 1.82) is 0 Å². The summed E-state index contributed by atoms with van der Waals surface area (Å²) in [6, 6.07) is 18.0. The molecule has 0 atom stereocenters. The van der Waals surface area contributed by atoms with Crippen molar-refractivity contribution in [2.45, 2.75) is 65.8 Å². The van der Waals surface area contributed by atoms with Gasteiger partial charge in [-0.05, 0) is 80.2 Å². The Bertz CT molecular complexity index is 1250. The van der Waals surface area contributed by atoms with E-state index in [-0.39, 0.29) is 0 Å². The second kappa shape index (κ2) is 8.07. The Morgan fingerprint density at radius 3 is 2.33 bits per heavy atom. The largest absolute Gasteiger partial charge is 0.344 e. The van der Waals surface area contributed by atoms with Gasteiger partial charge in [-0.25, -0.2) is 0 Å². The minimum absolute atomic E-state index is 1.12. The van der Waals surface area contributed by atoms with E-state index in [0.717, 1.165) is 6.54 Å². The molecule has 30 heavy (non-hydrogen) atoms. The molecule has 0 fully saturated rings. The van der Waals surface area contributed by atoms with E-state index in [1.165, 1.54) is 81.2 Å². The number of hydrogen-bond acceptors (Lipinski definition) is 1. The molecule has 0 radical (unpaired) electrons. The minimum atomic E-state index is 1.12. The van der Waals surface area contributed by atoms with Gasteiger partial charge in [-0.2, -0.15) is 0 Å². The molecule has 0 aliphatic heterocycles. The van der Waals surface area contributed by atoms with Crippen LogP contribution in [-0.2, 0) is 6.54 Å². The van der Waals surface area contributed by atoms with Gasteiger partial charge in [0.2, 0.25) is 0 Å². The van der Waals surface area contributed by atoms with Crippen molar-refractivity contribution >= 4 is 43.5 Å². The number of nitrogens with zero attached hydrogens (tertiary/aromatic N) is 1. The van der Waals surface area contributed by atoms with Crippen LogP contribution in [0.15, 0.2) is 48.5 Å². The number of thiophene rings is 1. The van der Waals surface area contributed by atoms with Crippen LogP contribution in [0.5, 0.6) is 0 Å². The Morgan fingerprint density at radius 1 is 0.867 bits per heavy atom. The van der Waals surface area contributed by atoms with Crippen molar-refractivity contribution < 1.29 is 0 Å². The van der Waals surface area contributed by atoms with Crippen LogP contribution in [0.3, 0.4) is 0 Å². The lowest BCUT2D eigenvalue weighted by Gasteiger charge is -2.21. The van der Waals surface area contributed by atoms with Gasteiger partial charge in [0, 0.05) is 38.3 Å². The highest BCUT2D eigenvalue weighted by Crippen LogP contribution is 2.46. The Balaban J connectivity index is 1.77. The third kappa shape index (κ3) is 3.13. The molecular formula is C28H31NS. The van der Waals surface area contributed by atoms with Crippen LogP contribution in [0, 0.1) is 13.8 Å². The first kappa shape index (κ1) is 19.6. The molecule has 2 aromatic heterocycles. The summed E-state index contributed by atoms with van der Waals surface area (Å²) in [7, 11) is 0. The van der Waals surface area contributed by atoms with Gasteiger partial charge in [-0.15, -0.1) is 11.3 Å². The molecule has 4 aromatic rings. The van der Waals surface area contributed by atoms with E-state index in [4.69, 9.17) is 0 Å². The third-order valence-corrected chi connectivity index (χ3v) is 8.19. The zero-order chi connectivity index (χ0) is 20.7. The molecule has 0 spiro atoms. The predicted molar refractivity (Wildman–Crippen MR) is 133 cm³/mol. The van der Waals surface area contributed by atoms with Gasteiger partial charge in [-0.3, -0.25) is 0 Å². The summed E-state index contributed by atoms with van der Waals surface area (Å²) in [4.78, 5) is 1.52. The summed E-state index contributed by atoms with van der Waals surface area (Å²) in [6.07, 6.45) is 7.48. The SMILES string of the molecule is CCCCn1c(C)c(C2=C(c3sc4ccccc4c3C)CCCC2)c2ccccc21. The molecule has 0 bridgehead atoms. The number of rotatable bonds is 5. The monoisotopic (exact) mass is 413 g/mol. The maximum atomic E-state index is 2.57. The lowest BCUT2D eigenvalue weighted by atomic mass is 9.84. The van der Waals surface area contributed by atoms with Gasteiger partial charge in [0.25, 0.3) is 0 Å². The average Bonchev–Trinajstić information content (AvgIpc) is 3.26. The number of aromatic nitrogens is 1. The molecule has 2 heterocycles. The molecule has 0 saturated carbocycles. The van der Waals surface area contributed by atoms with Gasteiger partial charge in [0.05, 0.1) is 0 Å². The number of unbranched alkanes of at least 4 members (excludes halogenated alkanes) is 1.